The highest BCUT2D eigenvalue weighted by Gasteiger charge is 2.40. The van der Waals surface area contributed by atoms with Crippen LogP contribution in [0.4, 0.5) is 0 Å². The predicted molar refractivity (Wildman–Crippen MR) is 105 cm³/mol. The van der Waals surface area contributed by atoms with Crippen LogP contribution in [0, 0.1) is 5.92 Å². The van der Waals surface area contributed by atoms with Gasteiger partial charge in [0.1, 0.15) is 23.2 Å². The molecule has 0 radical (unpaired) electrons. The van der Waals surface area contributed by atoms with E-state index in [0.717, 1.165) is 47.9 Å². The second kappa shape index (κ2) is 6.11. The molecule has 0 aliphatic carbocycles. The van der Waals surface area contributed by atoms with Crippen LogP contribution in [0.3, 0.4) is 0 Å². The van der Waals surface area contributed by atoms with Gasteiger partial charge in [-0.3, -0.25) is 9.59 Å². The topological polar surface area (TPSA) is 68.4 Å². The Morgan fingerprint density at radius 3 is 2.67 bits per heavy atom. The predicted octanol–water partition coefficient (Wildman–Crippen LogP) is 4.18. The number of ketones is 1. The van der Waals surface area contributed by atoms with Crippen molar-refractivity contribution in [1.82, 2.24) is 4.98 Å². The number of nitrogens with one attached hydrogen (secondary N) is 1. The maximum absolute atomic E-state index is 13.2. The summed E-state index contributed by atoms with van der Waals surface area (Å²) in [5.41, 5.74) is 2.50. The van der Waals surface area contributed by atoms with Crippen LogP contribution >= 0.6 is 0 Å². The molecule has 0 saturated heterocycles. The Morgan fingerprint density at radius 1 is 1.22 bits per heavy atom. The molecule has 5 heteroatoms. The molecule has 0 saturated carbocycles. The Morgan fingerprint density at radius 2 is 1.96 bits per heavy atom. The third kappa shape index (κ3) is 2.75. The molecule has 1 aromatic heterocycles. The number of carbonyl (C=O) groups excluding carboxylic acids is 1. The average Bonchev–Trinajstić information content (AvgIpc) is 2.58. The van der Waals surface area contributed by atoms with Gasteiger partial charge in [0, 0.05) is 17.0 Å². The molecule has 144 valence electrons. The van der Waals surface area contributed by atoms with Gasteiger partial charge in [-0.15, -0.1) is 0 Å². The maximum atomic E-state index is 13.2. The zero-order valence-electron chi connectivity index (χ0n) is 16.7. The lowest BCUT2D eigenvalue weighted by atomic mass is 9.83. The lowest BCUT2D eigenvalue weighted by molar-refractivity contribution is 0.0693. The third-order valence-electron chi connectivity index (χ3n) is 5.92. The van der Waals surface area contributed by atoms with Crippen molar-refractivity contribution in [2.75, 3.05) is 0 Å². The Kier molecular flexibility index (Phi) is 4.09. The molecule has 3 heterocycles. The van der Waals surface area contributed by atoms with Crippen molar-refractivity contribution in [2.45, 2.75) is 72.0 Å². The van der Waals surface area contributed by atoms with E-state index in [4.69, 9.17) is 9.47 Å². The molecule has 2 aromatic rings. The first kappa shape index (κ1) is 18.1. The van der Waals surface area contributed by atoms with Crippen LogP contribution in [0.15, 0.2) is 10.9 Å². The Balaban J connectivity index is 2.15. The number of pyridine rings is 1. The smallest absolute Gasteiger partial charge is 0.248 e. The molecule has 1 aromatic carbocycles. The number of Topliss-reactive ketones (excluding diaryl/α,β-unsaturated/α-hetero) is 1. The molecule has 0 bridgehead atoms. The minimum atomic E-state index is -0.300. The quantitative estimate of drug-likeness (QED) is 0.862. The van der Waals surface area contributed by atoms with E-state index in [1.165, 1.54) is 0 Å². The molecular formula is C22H27NO4. The summed E-state index contributed by atoms with van der Waals surface area (Å²) < 4.78 is 12.6. The molecule has 0 unspecified atom stereocenters. The largest absolute Gasteiger partial charge is 0.489 e. The molecule has 27 heavy (non-hydrogen) atoms. The normalized spacial score (nSPS) is 23.4. The van der Waals surface area contributed by atoms with Crippen molar-refractivity contribution in [1.29, 1.82) is 0 Å². The number of ether oxygens (including phenoxy) is 2. The highest BCUT2D eigenvalue weighted by Crippen LogP contribution is 2.49. The van der Waals surface area contributed by atoms with E-state index in [1.807, 2.05) is 13.8 Å². The van der Waals surface area contributed by atoms with Crippen LogP contribution in [0.25, 0.3) is 10.9 Å². The Bertz CT molecular complexity index is 1000. The third-order valence-corrected chi connectivity index (χ3v) is 5.92. The van der Waals surface area contributed by atoms with Crippen LogP contribution in [-0.4, -0.2) is 22.5 Å². The molecule has 1 N–H and O–H groups in total. The first-order valence-corrected chi connectivity index (χ1v) is 9.88. The van der Waals surface area contributed by atoms with Crippen molar-refractivity contribution in [3.8, 4) is 11.5 Å². The second-order valence-corrected chi connectivity index (χ2v) is 8.51. The molecule has 2 aliphatic heterocycles. The number of hydrogen-bond acceptors (Lipinski definition) is 4. The highest BCUT2D eigenvalue weighted by molar-refractivity contribution is 6.13. The first-order valence-electron chi connectivity index (χ1n) is 9.88. The van der Waals surface area contributed by atoms with Gasteiger partial charge in [0.15, 0.2) is 5.78 Å². The van der Waals surface area contributed by atoms with E-state index < -0.39 is 0 Å². The zero-order chi connectivity index (χ0) is 19.5. The van der Waals surface area contributed by atoms with Gasteiger partial charge in [0.2, 0.25) is 5.56 Å². The fraction of sp³-hybridized carbons (Fsp3) is 0.545. The summed E-state index contributed by atoms with van der Waals surface area (Å²) in [6.07, 6.45) is 3.11. The van der Waals surface area contributed by atoms with Crippen LogP contribution in [0.1, 0.15) is 68.9 Å². The summed E-state index contributed by atoms with van der Waals surface area (Å²) in [5, 5.41) is 0.872. The van der Waals surface area contributed by atoms with Gasteiger partial charge in [-0.1, -0.05) is 20.3 Å². The standard InChI is InChI=1S/C22H27NO4/c1-6-7-13-10-15(24)23-18-16(13)21-14(8-9-22(4,5)27-21)20-17(18)19(25)11(2)12(3)26-20/h10-12H,6-9H2,1-5H3,(H,23,24)/t11-,12-/m1/s1. The van der Waals surface area contributed by atoms with Crippen molar-refractivity contribution < 1.29 is 14.3 Å². The number of benzene rings is 1. The summed E-state index contributed by atoms with van der Waals surface area (Å²) in [6.45, 7) is 10.0. The van der Waals surface area contributed by atoms with Gasteiger partial charge in [-0.25, -0.2) is 0 Å². The molecule has 5 nitrogen and oxygen atoms in total. The van der Waals surface area contributed by atoms with E-state index in [9.17, 15) is 9.59 Å². The van der Waals surface area contributed by atoms with E-state index in [2.05, 4.69) is 25.8 Å². The number of aromatic nitrogens is 1. The van der Waals surface area contributed by atoms with Crippen LogP contribution in [0.2, 0.25) is 0 Å². The van der Waals surface area contributed by atoms with Crippen LogP contribution in [0.5, 0.6) is 11.5 Å². The van der Waals surface area contributed by atoms with Gasteiger partial charge in [0.05, 0.1) is 17.0 Å². The van der Waals surface area contributed by atoms with E-state index >= 15 is 0 Å². The summed E-state index contributed by atoms with van der Waals surface area (Å²) in [5.74, 6) is 1.16. The monoisotopic (exact) mass is 369 g/mol. The molecule has 4 rings (SSSR count). The van der Waals surface area contributed by atoms with Gasteiger partial charge in [0.25, 0.3) is 0 Å². The minimum Gasteiger partial charge on any atom is -0.489 e. The molecule has 0 amide bonds. The van der Waals surface area contributed by atoms with Gasteiger partial charge in [-0.2, -0.15) is 0 Å². The highest BCUT2D eigenvalue weighted by atomic mass is 16.5. The van der Waals surface area contributed by atoms with Crippen LogP contribution < -0.4 is 15.0 Å². The fourth-order valence-corrected chi connectivity index (χ4v) is 4.23. The van der Waals surface area contributed by atoms with Gasteiger partial charge < -0.3 is 14.5 Å². The summed E-state index contributed by atoms with van der Waals surface area (Å²) >= 11 is 0. The lowest BCUT2D eigenvalue weighted by Crippen LogP contribution is -2.37. The number of aryl methyl sites for hydroxylation is 1. The second-order valence-electron chi connectivity index (χ2n) is 8.51. The number of carbonyl (C=O) groups is 1. The van der Waals surface area contributed by atoms with E-state index in [1.54, 1.807) is 6.07 Å². The first-order chi connectivity index (χ1) is 12.7. The SMILES string of the molecule is CCCc1cc(=O)[nH]c2c3c(c4c(c12)OC(C)(C)CC4)O[C@H](C)[C@@H](C)C3=O. The number of fused-ring (bicyclic) bond motifs is 6. The number of aromatic amines is 1. The summed E-state index contributed by atoms with van der Waals surface area (Å²) in [6, 6.07) is 1.64. The molecule has 2 atom stereocenters. The van der Waals surface area contributed by atoms with Crippen LogP contribution in [-0.2, 0) is 12.8 Å². The van der Waals surface area contributed by atoms with E-state index in [-0.39, 0.29) is 29.0 Å². The fourth-order valence-electron chi connectivity index (χ4n) is 4.23. The number of hydrogen-bond donors (Lipinski definition) is 1. The molecule has 2 aliphatic rings. The molecular weight excluding hydrogens is 342 g/mol. The van der Waals surface area contributed by atoms with Crippen molar-refractivity contribution in [3.05, 3.63) is 33.1 Å². The van der Waals surface area contributed by atoms with Crippen molar-refractivity contribution >= 4 is 16.7 Å². The molecule has 0 spiro atoms. The van der Waals surface area contributed by atoms with Crippen molar-refractivity contribution in [2.24, 2.45) is 5.92 Å². The number of rotatable bonds is 2. The summed E-state index contributed by atoms with van der Waals surface area (Å²) in [7, 11) is 0. The minimum absolute atomic E-state index is 0.0330. The molecule has 0 fully saturated rings. The zero-order valence-corrected chi connectivity index (χ0v) is 16.7. The van der Waals surface area contributed by atoms with Gasteiger partial charge >= 0.3 is 0 Å². The Hall–Kier alpha value is -2.30. The summed E-state index contributed by atoms with van der Waals surface area (Å²) in [4.78, 5) is 28.5. The van der Waals surface area contributed by atoms with Crippen molar-refractivity contribution in [3.63, 3.8) is 0 Å². The van der Waals surface area contributed by atoms with E-state index in [0.29, 0.717) is 16.8 Å². The van der Waals surface area contributed by atoms with Gasteiger partial charge in [-0.05, 0) is 45.6 Å². The lowest BCUT2D eigenvalue weighted by Gasteiger charge is -2.38. The maximum Gasteiger partial charge on any atom is 0.248 e. The Labute approximate surface area is 159 Å². The number of H-pyrrole nitrogens is 1. The average molecular weight is 369 g/mol.